The molecule has 22 heavy (non-hydrogen) atoms. The molecule has 0 aromatic heterocycles. The number of hydrogen-bond donors (Lipinski definition) is 1. The van der Waals surface area contributed by atoms with E-state index in [2.05, 4.69) is 4.72 Å². The topological polar surface area (TPSA) is 98.5 Å². The Morgan fingerprint density at radius 2 is 1.95 bits per heavy atom. The number of sulfonamides is 1. The van der Waals surface area contributed by atoms with E-state index in [-0.39, 0.29) is 17.1 Å². The Balaban J connectivity index is 2.42. The summed E-state index contributed by atoms with van der Waals surface area (Å²) in [6.07, 6.45) is 0. The summed E-state index contributed by atoms with van der Waals surface area (Å²) in [6, 6.07) is 8.00. The SMILES string of the molecule is COc1ccc(F)cc1S(=O)(=O)Nc1cccc([N+](=O)[O-])c1. The molecule has 0 heterocycles. The van der Waals surface area contributed by atoms with Crippen LogP contribution in [-0.4, -0.2) is 20.5 Å². The minimum atomic E-state index is -4.16. The van der Waals surface area contributed by atoms with Gasteiger partial charge in [0.2, 0.25) is 0 Å². The third-order valence-electron chi connectivity index (χ3n) is 2.72. The fourth-order valence-electron chi connectivity index (χ4n) is 1.75. The van der Waals surface area contributed by atoms with E-state index in [0.717, 1.165) is 18.2 Å². The number of methoxy groups -OCH3 is 1. The minimum absolute atomic E-state index is 0.0134. The van der Waals surface area contributed by atoms with Gasteiger partial charge in [0.05, 0.1) is 17.7 Å². The van der Waals surface area contributed by atoms with Gasteiger partial charge in [0.1, 0.15) is 16.5 Å². The first kappa shape index (κ1) is 15.7. The summed E-state index contributed by atoms with van der Waals surface area (Å²) in [4.78, 5) is 9.64. The summed E-state index contributed by atoms with van der Waals surface area (Å²) < 4.78 is 44.9. The second kappa shape index (κ2) is 5.98. The Labute approximate surface area is 125 Å². The molecular weight excluding hydrogens is 315 g/mol. The van der Waals surface area contributed by atoms with Crippen molar-refractivity contribution in [3.8, 4) is 5.75 Å². The number of nitro benzene ring substituents is 1. The maximum atomic E-state index is 13.3. The summed E-state index contributed by atoms with van der Waals surface area (Å²) in [5.74, 6) is -0.792. The van der Waals surface area contributed by atoms with Crippen molar-refractivity contribution in [3.05, 3.63) is 58.4 Å². The molecule has 2 aromatic rings. The average Bonchev–Trinajstić information content (AvgIpc) is 2.47. The fraction of sp³-hybridized carbons (Fsp3) is 0.0769. The van der Waals surface area contributed by atoms with Gasteiger partial charge in [0.25, 0.3) is 15.7 Å². The molecule has 9 heteroatoms. The van der Waals surface area contributed by atoms with Crippen LogP contribution in [-0.2, 0) is 10.0 Å². The summed E-state index contributed by atoms with van der Waals surface area (Å²) >= 11 is 0. The van der Waals surface area contributed by atoms with Crippen LogP contribution in [0.3, 0.4) is 0 Å². The van der Waals surface area contributed by atoms with Gasteiger partial charge in [0, 0.05) is 12.1 Å². The fourth-order valence-corrected chi connectivity index (χ4v) is 2.98. The van der Waals surface area contributed by atoms with E-state index in [0.29, 0.717) is 0 Å². The van der Waals surface area contributed by atoms with Crippen molar-refractivity contribution in [1.82, 2.24) is 0 Å². The third kappa shape index (κ3) is 3.31. The van der Waals surface area contributed by atoms with Gasteiger partial charge in [-0.1, -0.05) is 6.07 Å². The Kier molecular flexibility index (Phi) is 4.27. The van der Waals surface area contributed by atoms with E-state index >= 15 is 0 Å². The Morgan fingerprint density at radius 3 is 2.59 bits per heavy atom. The number of anilines is 1. The number of benzene rings is 2. The molecule has 0 aliphatic rings. The lowest BCUT2D eigenvalue weighted by atomic mass is 10.3. The molecule has 0 unspecified atom stereocenters. The van der Waals surface area contributed by atoms with E-state index < -0.39 is 25.7 Å². The van der Waals surface area contributed by atoms with Crippen molar-refractivity contribution < 1.29 is 22.5 Å². The van der Waals surface area contributed by atoms with Crippen LogP contribution in [0, 0.1) is 15.9 Å². The van der Waals surface area contributed by atoms with Gasteiger partial charge >= 0.3 is 0 Å². The summed E-state index contributed by atoms with van der Waals surface area (Å²) in [6.45, 7) is 0. The van der Waals surface area contributed by atoms with E-state index in [1.807, 2.05) is 0 Å². The molecule has 0 aliphatic carbocycles. The Bertz CT molecular complexity index is 823. The van der Waals surface area contributed by atoms with Gasteiger partial charge in [-0.15, -0.1) is 0 Å². The van der Waals surface area contributed by atoms with Crippen molar-refractivity contribution in [2.45, 2.75) is 4.90 Å². The number of hydrogen-bond acceptors (Lipinski definition) is 5. The number of rotatable bonds is 5. The molecule has 0 fully saturated rings. The third-order valence-corrected chi connectivity index (χ3v) is 4.13. The number of nitrogens with one attached hydrogen (secondary N) is 1. The second-order valence-electron chi connectivity index (χ2n) is 4.21. The molecule has 0 amide bonds. The maximum absolute atomic E-state index is 13.3. The molecule has 0 saturated heterocycles. The van der Waals surface area contributed by atoms with Gasteiger partial charge < -0.3 is 4.74 Å². The molecule has 0 saturated carbocycles. The van der Waals surface area contributed by atoms with Crippen LogP contribution in [0.15, 0.2) is 47.4 Å². The molecule has 0 bridgehead atoms. The van der Waals surface area contributed by atoms with E-state index in [1.54, 1.807) is 0 Å². The predicted octanol–water partition coefficient (Wildman–Crippen LogP) is 2.54. The lowest BCUT2D eigenvalue weighted by Gasteiger charge is -2.11. The normalized spacial score (nSPS) is 11.0. The smallest absolute Gasteiger partial charge is 0.271 e. The first-order valence-corrected chi connectivity index (χ1v) is 7.42. The lowest BCUT2D eigenvalue weighted by Crippen LogP contribution is -2.14. The lowest BCUT2D eigenvalue weighted by molar-refractivity contribution is -0.384. The van der Waals surface area contributed by atoms with Crippen LogP contribution < -0.4 is 9.46 Å². The van der Waals surface area contributed by atoms with Gasteiger partial charge in [-0.05, 0) is 24.3 Å². The highest BCUT2D eigenvalue weighted by atomic mass is 32.2. The first-order chi connectivity index (χ1) is 10.3. The summed E-state index contributed by atoms with van der Waals surface area (Å²) in [5.41, 5.74) is -0.285. The van der Waals surface area contributed by atoms with E-state index in [9.17, 15) is 22.9 Å². The highest BCUT2D eigenvalue weighted by Gasteiger charge is 2.21. The first-order valence-electron chi connectivity index (χ1n) is 5.94. The molecule has 0 atom stereocenters. The molecule has 116 valence electrons. The molecule has 2 aromatic carbocycles. The van der Waals surface area contributed by atoms with Crippen LogP contribution in [0.25, 0.3) is 0 Å². The zero-order chi connectivity index (χ0) is 16.3. The molecular formula is C13H11FN2O5S. The summed E-state index contributed by atoms with van der Waals surface area (Å²) in [7, 11) is -2.91. The largest absolute Gasteiger partial charge is 0.495 e. The molecule has 7 nitrogen and oxygen atoms in total. The molecule has 2 rings (SSSR count). The number of nitro groups is 1. The van der Waals surface area contributed by atoms with Crippen molar-refractivity contribution in [3.63, 3.8) is 0 Å². The summed E-state index contributed by atoms with van der Waals surface area (Å²) in [5, 5.41) is 10.7. The van der Waals surface area contributed by atoms with Crippen LogP contribution >= 0.6 is 0 Å². The molecule has 0 aliphatic heterocycles. The highest BCUT2D eigenvalue weighted by Crippen LogP contribution is 2.27. The van der Waals surface area contributed by atoms with E-state index in [1.165, 1.54) is 31.4 Å². The zero-order valence-electron chi connectivity index (χ0n) is 11.3. The quantitative estimate of drug-likeness (QED) is 0.672. The van der Waals surface area contributed by atoms with Gasteiger partial charge in [-0.2, -0.15) is 0 Å². The number of non-ortho nitro benzene ring substituents is 1. The molecule has 1 N–H and O–H groups in total. The molecule has 0 spiro atoms. The van der Waals surface area contributed by atoms with Crippen LogP contribution in [0.1, 0.15) is 0 Å². The van der Waals surface area contributed by atoms with Gasteiger partial charge in [-0.3, -0.25) is 14.8 Å². The Morgan fingerprint density at radius 1 is 1.23 bits per heavy atom. The van der Waals surface area contributed by atoms with Crippen molar-refractivity contribution in [2.24, 2.45) is 0 Å². The average molecular weight is 326 g/mol. The van der Waals surface area contributed by atoms with Crippen molar-refractivity contribution in [1.29, 1.82) is 0 Å². The predicted molar refractivity (Wildman–Crippen MR) is 76.9 cm³/mol. The van der Waals surface area contributed by atoms with Crippen LogP contribution in [0.5, 0.6) is 5.75 Å². The Hall–Kier alpha value is -2.68. The molecule has 0 radical (unpaired) electrons. The van der Waals surface area contributed by atoms with Gasteiger partial charge in [0.15, 0.2) is 0 Å². The van der Waals surface area contributed by atoms with Gasteiger partial charge in [-0.25, -0.2) is 12.8 Å². The zero-order valence-corrected chi connectivity index (χ0v) is 12.1. The van der Waals surface area contributed by atoms with E-state index in [4.69, 9.17) is 4.74 Å². The van der Waals surface area contributed by atoms with Crippen LogP contribution in [0.2, 0.25) is 0 Å². The number of ether oxygens (including phenoxy) is 1. The number of nitrogens with zero attached hydrogens (tertiary/aromatic N) is 1. The van der Waals surface area contributed by atoms with Crippen molar-refractivity contribution in [2.75, 3.05) is 11.8 Å². The maximum Gasteiger partial charge on any atom is 0.271 e. The number of halogens is 1. The van der Waals surface area contributed by atoms with Crippen molar-refractivity contribution >= 4 is 21.4 Å². The second-order valence-corrected chi connectivity index (χ2v) is 5.86. The monoisotopic (exact) mass is 326 g/mol. The van der Waals surface area contributed by atoms with Crippen LogP contribution in [0.4, 0.5) is 15.8 Å². The standard InChI is InChI=1S/C13H11FN2O5S/c1-21-12-6-5-9(14)7-13(12)22(19,20)15-10-3-2-4-11(8-10)16(17)18/h2-8,15H,1H3. The minimum Gasteiger partial charge on any atom is -0.495 e. The highest BCUT2D eigenvalue weighted by molar-refractivity contribution is 7.92.